The number of nitrogens with zero attached hydrogens (tertiary/aromatic N) is 3. The minimum Gasteiger partial charge on any atom is -0.493 e. The van der Waals surface area contributed by atoms with E-state index in [1.54, 1.807) is 19.2 Å². The second-order valence-corrected chi connectivity index (χ2v) is 6.08. The fourth-order valence-electron chi connectivity index (χ4n) is 2.86. The molecule has 0 atom stereocenters. The van der Waals surface area contributed by atoms with Gasteiger partial charge < -0.3 is 24.8 Å². The molecule has 9 heteroatoms. The summed E-state index contributed by atoms with van der Waals surface area (Å²) in [6.45, 7) is -0.317. The number of methoxy groups -OCH3 is 2. The Morgan fingerprint density at radius 3 is 2.45 bits per heavy atom. The van der Waals surface area contributed by atoms with Crippen LogP contribution in [0.25, 0.3) is 0 Å². The lowest BCUT2D eigenvalue weighted by Gasteiger charge is -2.14. The zero-order valence-corrected chi connectivity index (χ0v) is 16.2. The van der Waals surface area contributed by atoms with E-state index in [1.807, 2.05) is 24.3 Å². The van der Waals surface area contributed by atoms with Gasteiger partial charge in [-0.3, -0.25) is 9.59 Å². The van der Waals surface area contributed by atoms with Crippen LogP contribution in [0.5, 0.6) is 17.2 Å². The van der Waals surface area contributed by atoms with E-state index < -0.39 is 5.91 Å². The molecule has 0 saturated heterocycles. The first-order valence-electron chi connectivity index (χ1n) is 8.61. The summed E-state index contributed by atoms with van der Waals surface area (Å²) in [6.07, 6.45) is 1.46. The van der Waals surface area contributed by atoms with Crippen molar-refractivity contribution in [2.45, 2.75) is 0 Å². The van der Waals surface area contributed by atoms with Gasteiger partial charge in [-0.25, -0.2) is 0 Å². The molecular formula is C20H20N4O5. The number of amides is 2. The third-order valence-corrected chi connectivity index (χ3v) is 4.23. The summed E-state index contributed by atoms with van der Waals surface area (Å²) in [5, 5.41) is 8.16. The summed E-state index contributed by atoms with van der Waals surface area (Å²) in [4.78, 5) is 24.9. The smallest absolute Gasteiger partial charge is 0.279 e. The number of nitrogens with two attached hydrogens (primary N) is 1. The molecule has 0 fully saturated rings. The lowest BCUT2D eigenvalue weighted by atomic mass is 10.1. The number of hydrogen-bond donors (Lipinski definition) is 1. The summed E-state index contributed by atoms with van der Waals surface area (Å²) in [5.74, 6) is 0.0676. The average molecular weight is 396 g/mol. The van der Waals surface area contributed by atoms with Crippen LogP contribution >= 0.6 is 0 Å². The predicted molar refractivity (Wildman–Crippen MR) is 108 cm³/mol. The van der Waals surface area contributed by atoms with Gasteiger partial charge in [0, 0.05) is 18.2 Å². The van der Waals surface area contributed by atoms with Gasteiger partial charge in [-0.15, -0.1) is 5.10 Å². The lowest BCUT2D eigenvalue weighted by Crippen LogP contribution is -2.25. The van der Waals surface area contributed by atoms with Crippen molar-refractivity contribution >= 4 is 29.4 Å². The third-order valence-electron chi connectivity index (χ3n) is 4.23. The monoisotopic (exact) mass is 396 g/mol. The molecule has 0 aromatic heterocycles. The fourth-order valence-corrected chi connectivity index (χ4v) is 2.86. The Kier molecular flexibility index (Phi) is 5.77. The number of primary amides is 1. The number of rotatable bonds is 7. The van der Waals surface area contributed by atoms with Crippen LogP contribution in [-0.2, 0) is 9.59 Å². The number of anilines is 1. The van der Waals surface area contributed by atoms with E-state index in [0.717, 1.165) is 11.3 Å². The van der Waals surface area contributed by atoms with Crippen molar-refractivity contribution in [2.75, 3.05) is 32.8 Å². The summed E-state index contributed by atoms with van der Waals surface area (Å²) in [7, 11) is 4.60. The zero-order valence-electron chi connectivity index (χ0n) is 16.2. The molecule has 0 saturated carbocycles. The van der Waals surface area contributed by atoms with Crippen molar-refractivity contribution in [2.24, 2.45) is 15.9 Å². The van der Waals surface area contributed by atoms with E-state index >= 15 is 0 Å². The SMILES string of the molecule is COc1cc(/C=N\N=C2/C(=O)N(C)c3ccccc32)cc(OC)c1OCC(N)=O. The second-order valence-electron chi connectivity index (χ2n) is 6.08. The Morgan fingerprint density at radius 2 is 1.83 bits per heavy atom. The maximum absolute atomic E-state index is 12.4. The van der Waals surface area contributed by atoms with Crippen molar-refractivity contribution in [3.8, 4) is 17.2 Å². The Bertz CT molecular complexity index is 991. The number of benzene rings is 2. The van der Waals surface area contributed by atoms with Gasteiger partial charge in [0.25, 0.3) is 11.8 Å². The molecule has 3 rings (SSSR count). The standard InChI is InChI=1S/C20H20N4O5/c1-24-14-7-5-4-6-13(14)18(20(24)26)23-22-10-12-8-15(27-2)19(16(9-12)28-3)29-11-17(21)25/h4-10H,11H2,1-3H3,(H2,21,25)/b22-10-,23-18-. The first kappa shape index (κ1) is 19.9. The van der Waals surface area contributed by atoms with E-state index in [2.05, 4.69) is 10.2 Å². The largest absolute Gasteiger partial charge is 0.493 e. The van der Waals surface area contributed by atoms with Crippen molar-refractivity contribution in [1.82, 2.24) is 0 Å². The van der Waals surface area contributed by atoms with E-state index in [9.17, 15) is 9.59 Å². The molecule has 0 spiro atoms. The number of carbonyl (C=O) groups excluding carboxylic acids is 2. The Balaban J connectivity index is 1.90. The second kappa shape index (κ2) is 8.42. The molecule has 2 amide bonds. The van der Waals surface area contributed by atoms with Crippen molar-refractivity contribution in [3.05, 3.63) is 47.5 Å². The average Bonchev–Trinajstić information content (AvgIpc) is 2.97. The molecule has 0 bridgehead atoms. The Labute approximate surface area is 167 Å². The zero-order chi connectivity index (χ0) is 21.0. The molecule has 0 unspecified atom stereocenters. The lowest BCUT2D eigenvalue weighted by molar-refractivity contribution is -0.120. The molecule has 1 heterocycles. The minimum atomic E-state index is -0.623. The normalized spacial score (nSPS) is 14.4. The van der Waals surface area contributed by atoms with Crippen LogP contribution in [0.1, 0.15) is 11.1 Å². The number of fused-ring (bicyclic) bond motifs is 1. The first-order chi connectivity index (χ1) is 14.0. The fraction of sp³-hybridized carbons (Fsp3) is 0.200. The van der Waals surface area contributed by atoms with Gasteiger partial charge in [0.1, 0.15) is 0 Å². The molecule has 1 aliphatic rings. The van der Waals surface area contributed by atoms with Crippen LogP contribution in [0, 0.1) is 0 Å². The number of hydrogen-bond acceptors (Lipinski definition) is 7. The molecule has 150 valence electrons. The molecule has 0 aliphatic carbocycles. The van der Waals surface area contributed by atoms with E-state index in [0.29, 0.717) is 17.1 Å². The van der Waals surface area contributed by atoms with Crippen LogP contribution < -0.4 is 24.8 Å². The number of ether oxygens (including phenoxy) is 3. The highest BCUT2D eigenvalue weighted by Gasteiger charge is 2.31. The Hall–Kier alpha value is -3.88. The number of likely N-dealkylation sites (N-methyl/N-ethyl adjacent to an activating group) is 1. The van der Waals surface area contributed by atoms with Crippen LogP contribution in [0.4, 0.5) is 5.69 Å². The molecule has 1 aliphatic heterocycles. The molecule has 2 N–H and O–H groups in total. The number of para-hydroxylation sites is 1. The van der Waals surface area contributed by atoms with Crippen LogP contribution in [0.15, 0.2) is 46.6 Å². The van der Waals surface area contributed by atoms with Gasteiger partial charge in [0.2, 0.25) is 5.75 Å². The maximum atomic E-state index is 12.4. The first-order valence-corrected chi connectivity index (χ1v) is 8.61. The predicted octanol–water partition coefficient (Wildman–Crippen LogP) is 1.37. The molecule has 2 aromatic carbocycles. The summed E-state index contributed by atoms with van der Waals surface area (Å²) in [6, 6.07) is 10.6. The highest BCUT2D eigenvalue weighted by molar-refractivity contribution is 6.54. The highest BCUT2D eigenvalue weighted by atomic mass is 16.5. The van der Waals surface area contributed by atoms with Crippen molar-refractivity contribution in [1.29, 1.82) is 0 Å². The van der Waals surface area contributed by atoms with Gasteiger partial charge in [-0.1, -0.05) is 18.2 Å². The molecule has 2 aromatic rings. The van der Waals surface area contributed by atoms with Gasteiger partial charge >= 0.3 is 0 Å². The van der Waals surface area contributed by atoms with Crippen molar-refractivity contribution < 1.29 is 23.8 Å². The molecule has 9 nitrogen and oxygen atoms in total. The highest BCUT2D eigenvalue weighted by Crippen LogP contribution is 2.38. The quantitative estimate of drug-likeness (QED) is 0.560. The Morgan fingerprint density at radius 1 is 1.17 bits per heavy atom. The van der Waals surface area contributed by atoms with E-state index in [4.69, 9.17) is 19.9 Å². The van der Waals surface area contributed by atoms with Crippen molar-refractivity contribution in [3.63, 3.8) is 0 Å². The van der Waals surface area contributed by atoms with Crippen LogP contribution in [-0.4, -0.2) is 51.6 Å². The van der Waals surface area contributed by atoms with Crippen LogP contribution in [0.2, 0.25) is 0 Å². The van der Waals surface area contributed by atoms with Gasteiger partial charge in [0.15, 0.2) is 23.8 Å². The van der Waals surface area contributed by atoms with Gasteiger partial charge in [-0.05, 0) is 18.2 Å². The van der Waals surface area contributed by atoms with Gasteiger partial charge in [0.05, 0.1) is 26.1 Å². The minimum absolute atomic E-state index is 0.228. The molecule has 29 heavy (non-hydrogen) atoms. The molecule has 0 radical (unpaired) electrons. The topological polar surface area (TPSA) is 116 Å². The van der Waals surface area contributed by atoms with Crippen LogP contribution in [0.3, 0.4) is 0 Å². The van der Waals surface area contributed by atoms with Gasteiger partial charge in [-0.2, -0.15) is 5.10 Å². The number of carbonyl (C=O) groups is 2. The van der Waals surface area contributed by atoms with E-state index in [-0.39, 0.29) is 24.0 Å². The summed E-state index contributed by atoms with van der Waals surface area (Å²) in [5.41, 5.74) is 7.49. The maximum Gasteiger partial charge on any atom is 0.279 e. The third kappa shape index (κ3) is 4.03. The summed E-state index contributed by atoms with van der Waals surface area (Å²) < 4.78 is 16.0. The summed E-state index contributed by atoms with van der Waals surface area (Å²) >= 11 is 0. The molecular weight excluding hydrogens is 376 g/mol. The van der Waals surface area contributed by atoms with E-state index in [1.165, 1.54) is 25.3 Å².